The normalized spacial score (nSPS) is 11.8. The molecule has 0 bridgehead atoms. The lowest BCUT2D eigenvalue weighted by Gasteiger charge is -2.13. The summed E-state index contributed by atoms with van der Waals surface area (Å²) in [6.07, 6.45) is 1.79. The largest absolute Gasteiger partial charge is 0.486 e. The number of aromatic nitrogens is 1. The molecule has 1 aromatic heterocycles. The molecule has 2 aromatic carbocycles. The second-order valence-electron chi connectivity index (χ2n) is 6.66. The van der Waals surface area contributed by atoms with Gasteiger partial charge in [-0.3, -0.25) is 4.79 Å². The molecule has 3 rings (SSSR count). The standard InChI is InChI=1S/C22H23FN2O2S/c1-15(8-9-17-6-4-3-5-7-17)24-22(26)21-16(2)25-20(28-21)14-27-19-12-10-18(23)11-13-19/h3-7,10-13,15H,8-9,14H2,1-2H3,(H,24,26). The zero-order valence-electron chi connectivity index (χ0n) is 15.9. The van der Waals surface area contributed by atoms with E-state index in [4.69, 9.17) is 4.74 Å². The van der Waals surface area contributed by atoms with E-state index in [-0.39, 0.29) is 24.4 Å². The van der Waals surface area contributed by atoms with Gasteiger partial charge in [0.05, 0.1) is 5.69 Å². The Hall–Kier alpha value is -2.73. The summed E-state index contributed by atoms with van der Waals surface area (Å²) in [5.74, 6) is 0.149. The van der Waals surface area contributed by atoms with Crippen LogP contribution in [0.3, 0.4) is 0 Å². The van der Waals surface area contributed by atoms with E-state index in [1.807, 2.05) is 32.0 Å². The first kappa shape index (κ1) is 20.0. The first-order chi connectivity index (χ1) is 13.5. The van der Waals surface area contributed by atoms with Gasteiger partial charge < -0.3 is 10.1 Å². The van der Waals surface area contributed by atoms with E-state index >= 15 is 0 Å². The molecule has 0 aliphatic rings. The number of rotatable bonds is 8. The third-order valence-corrected chi connectivity index (χ3v) is 5.44. The number of hydrogen-bond acceptors (Lipinski definition) is 4. The highest BCUT2D eigenvalue weighted by Crippen LogP contribution is 2.21. The second-order valence-corrected chi connectivity index (χ2v) is 7.75. The van der Waals surface area contributed by atoms with Gasteiger partial charge in [-0.05, 0) is 56.5 Å². The minimum atomic E-state index is -0.308. The molecule has 1 heterocycles. The summed E-state index contributed by atoms with van der Waals surface area (Å²) in [6, 6.07) is 16.1. The zero-order chi connectivity index (χ0) is 19.9. The molecular weight excluding hydrogens is 375 g/mol. The van der Waals surface area contributed by atoms with E-state index in [1.54, 1.807) is 12.1 Å². The minimum Gasteiger partial charge on any atom is -0.486 e. The van der Waals surface area contributed by atoms with Crippen LogP contribution in [-0.2, 0) is 13.0 Å². The number of ether oxygens (including phenoxy) is 1. The molecule has 0 radical (unpaired) electrons. The molecule has 0 saturated heterocycles. The van der Waals surface area contributed by atoms with E-state index in [0.717, 1.165) is 12.8 Å². The van der Waals surface area contributed by atoms with Crippen molar-refractivity contribution < 1.29 is 13.9 Å². The summed E-state index contributed by atoms with van der Waals surface area (Å²) < 4.78 is 18.6. The molecule has 1 unspecified atom stereocenters. The van der Waals surface area contributed by atoms with E-state index in [0.29, 0.717) is 21.3 Å². The average molecular weight is 399 g/mol. The average Bonchev–Trinajstić information content (AvgIpc) is 3.07. The summed E-state index contributed by atoms with van der Waals surface area (Å²) in [6.45, 7) is 4.07. The highest BCUT2D eigenvalue weighted by Gasteiger charge is 2.17. The van der Waals surface area contributed by atoms with Crippen molar-refractivity contribution in [1.29, 1.82) is 0 Å². The van der Waals surface area contributed by atoms with Gasteiger partial charge in [0, 0.05) is 6.04 Å². The van der Waals surface area contributed by atoms with E-state index in [2.05, 4.69) is 22.4 Å². The van der Waals surface area contributed by atoms with Crippen molar-refractivity contribution >= 4 is 17.2 Å². The highest BCUT2D eigenvalue weighted by atomic mass is 32.1. The van der Waals surface area contributed by atoms with Gasteiger partial charge in [0.25, 0.3) is 5.91 Å². The molecule has 6 heteroatoms. The number of carbonyl (C=O) groups is 1. The van der Waals surface area contributed by atoms with Gasteiger partial charge in [-0.2, -0.15) is 0 Å². The second kappa shape index (κ2) is 9.46. The van der Waals surface area contributed by atoms with Crippen LogP contribution >= 0.6 is 11.3 Å². The van der Waals surface area contributed by atoms with Crippen LogP contribution in [0.15, 0.2) is 54.6 Å². The SMILES string of the molecule is Cc1nc(COc2ccc(F)cc2)sc1C(=O)NC(C)CCc1ccccc1. The number of hydrogen-bond donors (Lipinski definition) is 1. The van der Waals surface area contributed by atoms with Gasteiger partial charge in [-0.25, -0.2) is 9.37 Å². The number of aryl methyl sites for hydroxylation is 2. The lowest BCUT2D eigenvalue weighted by molar-refractivity contribution is 0.0941. The molecule has 0 saturated carbocycles. The Kier molecular flexibility index (Phi) is 6.76. The summed E-state index contributed by atoms with van der Waals surface area (Å²) in [7, 11) is 0. The predicted molar refractivity (Wildman–Crippen MR) is 109 cm³/mol. The third kappa shape index (κ3) is 5.63. The van der Waals surface area contributed by atoms with Gasteiger partial charge in [-0.15, -0.1) is 11.3 Å². The number of amides is 1. The van der Waals surface area contributed by atoms with Crippen LogP contribution in [0, 0.1) is 12.7 Å². The number of nitrogens with zero attached hydrogens (tertiary/aromatic N) is 1. The van der Waals surface area contributed by atoms with Crippen LogP contribution in [0.2, 0.25) is 0 Å². The summed E-state index contributed by atoms with van der Waals surface area (Å²) >= 11 is 1.32. The first-order valence-corrected chi connectivity index (χ1v) is 10.0. The molecule has 0 spiro atoms. The Morgan fingerprint density at radius 3 is 2.61 bits per heavy atom. The number of thiazole rings is 1. The summed E-state index contributed by atoms with van der Waals surface area (Å²) in [5.41, 5.74) is 1.95. The Balaban J connectivity index is 1.52. The van der Waals surface area contributed by atoms with Crippen LogP contribution in [-0.4, -0.2) is 16.9 Å². The molecule has 1 amide bonds. The molecule has 4 nitrogen and oxygen atoms in total. The minimum absolute atomic E-state index is 0.0631. The maximum atomic E-state index is 12.9. The molecule has 1 N–H and O–H groups in total. The van der Waals surface area contributed by atoms with Gasteiger partial charge >= 0.3 is 0 Å². The Morgan fingerprint density at radius 1 is 1.18 bits per heavy atom. The van der Waals surface area contributed by atoms with Crippen molar-refractivity contribution in [3.63, 3.8) is 0 Å². The summed E-state index contributed by atoms with van der Waals surface area (Å²) in [4.78, 5) is 17.6. The van der Waals surface area contributed by atoms with Gasteiger partial charge in [-0.1, -0.05) is 30.3 Å². The quantitative estimate of drug-likeness (QED) is 0.586. The van der Waals surface area contributed by atoms with Crippen LogP contribution in [0.5, 0.6) is 5.75 Å². The van der Waals surface area contributed by atoms with Crippen molar-refractivity contribution in [3.05, 3.63) is 81.6 Å². The van der Waals surface area contributed by atoms with Crippen molar-refractivity contribution in [1.82, 2.24) is 10.3 Å². The zero-order valence-corrected chi connectivity index (χ0v) is 16.8. The van der Waals surface area contributed by atoms with Gasteiger partial charge in [0.15, 0.2) is 0 Å². The predicted octanol–water partition coefficient (Wildman–Crippen LogP) is 4.92. The van der Waals surface area contributed by atoms with Crippen molar-refractivity contribution in [2.45, 2.75) is 39.3 Å². The van der Waals surface area contributed by atoms with Crippen molar-refractivity contribution in [2.75, 3.05) is 0 Å². The van der Waals surface area contributed by atoms with E-state index in [9.17, 15) is 9.18 Å². The van der Waals surface area contributed by atoms with Crippen LogP contribution in [0.25, 0.3) is 0 Å². The third-order valence-electron chi connectivity index (χ3n) is 4.31. The highest BCUT2D eigenvalue weighted by molar-refractivity contribution is 7.13. The molecule has 1 atom stereocenters. The molecule has 0 fully saturated rings. The van der Waals surface area contributed by atoms with Crippen LogP contribution in [0.1, 0.15) is 39.3 Å². The fraction of sp³-hybridized carbons (Fsp3) is 0.273. The maximum Gasteiger partial charge on any atom is 0.263 e. The number of nitrogens with one attached hydrogen (secondary N) is 1. The smallest absolute Gasteiger partial charge is 0.263 e. The number of carbonyl (C=O) groups excluding carboxylic acids is 1. The van der Waals surface area contributed by atoms with Crippen molar-refractivity contribution in [2.24, 2.45) is 0 Å². The molecule has 3 aromatic rings. The maximum absolute atomic E-state index is 12.9. The molecule has 0 aliphatic carbocycles. The van der Waals surface area contributed by atoms with Crippen LogP contribution in [0.4, 0.5) is 4.39 Å². The fourth-order valence-electron chi connectivity index (χ4n) is 2.79. The molecule has 146 valence electrons. The topological polar surface area (TPSA) is 51.2 Å². The monoisotopic (exact) mass is 398 g/mol. The lowest BCUT2D eigenvalue weighted by atomic mass is 10.1. The number of halogens is 1. The number of benzene rings is 2. The summed E-state index contributed by atoms with van der Waals surface area (Å²) in [5, 5.41) is 3.76. The van der Waals surface area contributed by atoms with Crippen molar-refractivity contribution in [3.8, 4) is 5.75 Å². The van der Waals surface area contributed by atoms with E-state index in [1.165, 1.54) is 29.0 Å². The van der Waals surface area contributed by atoms with Gasteiger partial charge in [0.1, 0.15) is 28.1 Å². The van der Waals surface area contributed by atoms with Crippen LogP contribution < -0.4 is 10.1 Å². The van der Waals surface area contributed by atoms with Gasteiger partial charge in [0.2, 0.25) is 0 Å². The Morgan fingerprint density at radius 2 is 1.89 bits per heavy atom. The lowest BCUT2D eigenvalue weighted by Crippen LogP contribution is -2.32. The molecule has 0 aliphatic heterocycles. The Bertz CT molecular complexity index is 910. The molecule has 28 heavy (non-hydrogen) atoms. The molecular formula is C22H23FN2O2S. The first-order valence-electron chi connectivity index (χ1n) is 9.20. The Labute approximate surface area is 168 Å². The fourth-order valence-corrected chi connectivity index (χ4v) is 3.67. The van der Waals surface area contributed by atoms with E-state index < -0.39 is 0 Å².